The van der Waals surface area contributed by atoms with Crippen LogP contribution in [0.4, 0.5) is 8.78 Å². The van der Waals surface area contributed by atoms with E-state index in [1.807, 2.05) is 6.92 Å². The summed E-state index contributed by atoms with van der Waals surface area (Å²) in [6, 6.07) is 6.65. The van der Waals surface area contributed by atoms with Crippen LogP contribution in [0.3, 0.4) is 0 Å². The van der Waals surface area contributed by atoms with Gasteiger partial charge in [-0.2, -0.15) is 4.98 Å². The van der Waals surface area contributed by atoms with E-state index in [2.05, 4.69) is 20.4 Å². The summed E-state index contributed by atoms with van der Waals surface area (Å²) in [7, 11) is 0. The number of halogens is 2. The average molecular weight is 390 g/mol. The van der Waals surface area contributed by atoms with Crippen molar-refractivity contribution in [3.05, 3.63) is 59.6 Å². The van der Waals surface area contributed by atoms with Crippen LogP contribution in [0, 0.1) is 11.6 Å². The van der Waals surface area contributed by atoms with E-state index in [-0.39, 0.29) is 23.8 Å². The van der Waals surface area contributed by atoms with Gasteiger partial charge in [-0.25, -0.2) is 13.8 Å². The summed E-state index contributed by atoms with van der Waals surface area (Å²) in [5.74, 6) is -0.480. The molecule has 0 spiro atoms. The molecule has 6 nitrogen and oxygen atoms in total. The van der Waals surface area contributed by atoms with Crippen molar-refractivity contribution >= 4 is 17.7 Å². The van der Waals surface area contributed by atoms with Gasteiger partial charge in [0.15, 0.2) is 0 Å². The lowest BCUT2D eigenvalue weighted by Crippen LogP contribution is -2.25. The number of carbonyl (C=O) groups is 1. The molecule has 0 saturated heterocycles. The number of thioether (sulfide) groups is 1. The van der Waals surface area contributed by atoms with Crippen molar-refractivity contribution in [3.63, 3.8) is 0 Å². The summed E-state index contributed by atoms with van der Waals surface area (Å²) < 4.78 is 31.9. The summed E-state index contributed by atoms with van der Waals surface area (Å²) in [4.78, 5) is 20.6. The largest absolute Gasteiger partial charge is 0.351 e. The minimum Gasteiger partial charge on any atom is -0.351 e. The molecule has 0 radical (unpaired) electrons. The van der Waals surface area contributed by atoms with Crippen molar-refractivity contribution in [1.82, 2.24) is 20.4 Å². The fourth-order valence-electron chi connectivity index (χ4n) is 2.24. The molecule has 2 aromatic heterocycles. The second kappa shape index (κ2) is 8.72. The molecular formula is C18H16F2N4O2S. The second-order valence-electron chi connectivity index (χ2n) is 5.52. The van der Waals surface area contributed by atoms with E-state index in [9.17, 15) is 13.6 Å². The number of nitrogens with one attached hydrogen (secondary N) is 1. The summed E-state index contributed by atoms with van der Waals surface area (Å²) >= 11 is 1.20. The molecule has 0 atom stereocenters. The van der Waals surface area contributed by atoms with Gasteiger partial charge < -0.3 is 9.84 Å². The highest BCUT2D eigenvalue weighted by Gasteiger charge is 2.14. The molecule has 9 heteroatoms. The molecule has 2 heterocycles. The number of hydrogen-bond donors (Lipinski definition) is 1. The van der Waals surface area contributed by atoms with Gasteiger partial charge in [-0.05, 0) is 30.3 Å². The van der Waals surface area contributed by atoms with Crippen molar-refractivity contribution < 1.29 is 18.1 Å². The fourth-order valence-corrected chi connectivity index (χ4v) is 3.06. The van der Waals surface area contributed by atoms with E-state index in [4.69, 9.17) is 4.52 Å². The number of carbonyl (C=O) groups excluding carboxylic acids is 1. The number of amides is 1. The maximum absolute atomic E-state index is 13.6. The Bertz CT molecular complexity index is 949. The Morgan fingerprint density at radius 2 is 2.15 bits per heavy atom. The first-order valence-electron chi connectivity index (χ1n) is 8.18. The van der Waals surface area contributed by atoms with Crippen LogP contribution in [0.25, 0.3) is 11.4 Å². The molecule has 3 aromatic rings. The van der Waals surface area contributed by atoms with Crippen LogP contribution >= 0.6 is 11.8 Å². The Balaban J connectivity index is 1.61. The van der Waals surface area contributed by atoms with Gasteiger partial charge in [0.25, 0.3) is 0 Å². The van der Waals surface area contributed by atoms with Gasteiger partial charge in [-0.1, -0.05) is 23.8 Å². The van der Waals surface area contributed by atoms with E-state index in [1.54, 1.807) is 18.3 Å². The lowest BCUT2D eigenvalue weighted by atomic mass is 10.2. The molecule has 140 valence electrons. The number of hydrogen-bond acceptors (Lipinski definition) is 6. The number of nitrogens with zero attached hydrogens (tertiary/aromatic N) is 3. The van der Waals surface area contributed by atoms with E-state index in [0.717, 1.165) is 18.2 Å². The van der Waals surface area contributed by atoms with Crippen LogP contribution in [0.1, 0.15) is 18.4 Å². The number of aryl methyl sites for hydroxylation is 1. The molecule has 0 aliphatic rings. The Kier molecular flexibility index (Phi) is 6.12. The third kappa shape index (κ3) is 4.88. The number of pyridine rings is 1. The van der Waals surface area contributed by atoms with Gasteiger partial charge >= 0.3 is 0 Å². The van der Waals surface area contributed by atoms with Gasteiger partial charge in [0, 0.05) is 24.7 Å². The van der Waals surface area contributed by atoms with Crippen molar-refractivity contribution in [2.75, 3.05) is 5.75 Å². The summed E-state index contributed by atoms with van der Waals surface area (Å²) in [5, 5.41) is 7.06. The number of benzene rings is 1. The van der Waals surface area contributed by atoms with Crippen LogP contribution < -0.4 is 5.32 Å². The van der Waals surface area contributed by atoms with E-state index >= 15 is 0 Å². The van der Waals surface area contributed by atoms with Gasteiger partial charge in [-0.15, -0.1) is 0 Å². The normalized spacial score (nSPS) is 10.8. The molecule has 0 aliphatic heterocycles. The molecule has 1 amide bonds. The smallest absolute Gasteiger partial charge is 0.230 e. The molecule has 0 bridgehead atoms. The topological polar surface area (TPSA) is 80.9 Å². The Hall–Kier alpha value is -2.81. The molecule has 1 N–H and O–H groups in total. The van der Waals surface area contributed by atoms with Crippen LogP contribution in [0.5, 0.6) is 0 Å². The molecule has 0 unspecified atom stereocenters. The molecule has 0 fully saturated rings. The first-order chi connectivity index (χ1) is 13.1. The first kappa shape index (κ1) is 19.0. The maximum atomic E-state index is 13.6. The fraction of sp³-hybridized carbons (Fsp3) is 0.222. The first-order valence-corrected chi connectivity index (χ1v) is 9.16. The van der Waals surface area contributed by atoms with E-state index < -0.39 is 11.6 Å². The Morgan fingerprint density at radius 3 is 2.93 bits per heavy atom. The van der Waals surface area contributed by atoms with Crippen molar-refractivity contribution in [2.24, 2.45) is 0 Å². The molecule has 0 aliphatic carbocycles. The number of aromatic nitrogens is 3. The van der Waals surface area contributed by atoms with Gasteiger partial charge in [0.2, 0.25) is 17.6 Å². The van der Waals surface area contributed by atoms with Crippen LogP contribution in [0.2, 0.25) is 0 Å². The molecule has 3 rings (SSSR count). The van der Waals surface area contributed by atoms with Crippen LogP contribution in [0.15, 0.2) is 46.1 Å². The quantitative estimate of drug-likeness (QED) is 0.623. The Morgan fingerprint density at radius 1 is 1.30 bits per heavy atom. The highest BCUT2D eigenvalue weighted by molar-refractivity contribution is 8.00. The van der Waals surface area contributed by atoms with Crippen LogP contribution in [-0.4, -0.2) is 26.8 Å². The Labute approximate surface area is 158 Å². The minimum atomic E-state index is -0.569. The molecular weight excluding hydrogens is 374 g/mol. The predicted octanol–water partition coefficient (Wildman–Crippen LogP) is 3.38. The van der Waals surface area contributed by atoms with Gasteiger partial charge in [0.1, 0.15) is 16.7 Å². The van der Waals surface area contributed by atoms with Gasteiger partial charge in [0.05, 0.1) is 11.3 Å². The third-order valence-electron chi connectivity index (χ3n) is 3.61. The highest BCUT2D eigenvalue weighted by atomic mass is 32.2. The van der Waals surface area contributed by atoms with Crippen molar-refractivity contribution in [1.29, 1.82) is 0 Å². The second-order valence-corrected chi connectivity index (χ2v) is 6.49. The minimum absolute atomic E-state index is 0.0550. The third-order valence-corrected chi connectivity index (χ3v) is 4.61. The average Bonchev–Trinajstić information content (AvgIpc) is 3.16. The predicted molar refractivity (Wildman–Crippen MR) is 95.8 cm³/mol. The maximum Gasteiger partial charge on any atom is 0.230 e. The standard InChI is InChI=1S/C18H16F2N4O2S/c1-2-16-23-17(24-26-16)13-4-3-7-21-18(13)27-10-15(25)22-9-11-8-12(19)5-6-14(11)20/h3-8H,2,9-10H2,1H3,(H,22,25). The zero-order valence-corrected chi connectivity index (χ0v) is 15.2. The SMILES string of the molecule is CCc1nc(-c2cccnc2SCC(=O)NCc2cc(F)ccc2F)no1. The molecule has 27 heavy (non-hydrogen) atoms. The molecule has 0 saturated carbocycles. The van der Waals surface area contributed by atoms with E-state index in [0.29, 0.717) is 28.7 Å². The summed E-state index contributed by atoms with van der Waals surface area (Å²) in [6.45, 7) is 1.81. The highest BCUT2D eigenvalue weighted by Crippen LogP contribution is 2.27. The lowest BCUT2D eigenvalue weighted by molar-refractivity contribution is -0.118. The van der Waals surface area contributed by atoms with Gasteiger partial charge in [-0.3, -0.25) is 4.79 Å². The van der Waals surface area contributed by atoms with E-state index in [1.165, 1.54) is 11.8 Å². The lowest BCUT2D eigenvalue weighted by Gasteiger charge is -2.07. The van der Waals surface area contributed by atoms with Crippen molar-refractivity contribution in [3.8, 4) is 11.4 Å². The monoisotopic (exact) mass is 390 g/mol. The molecule has 1 aromatic carbocycles. The summed E-state index contributed by atoms with van der Waals surface area (Å²) in [5.41, 5.74) is 0.751. The zero-order chi connectivity index (χ0) is 19.2. The van der Waals surface area contributed by atoms with Crippen molar-refractivity contribution in [2.45, 2.75) is 24.9 Å². The number of rotatable bonds is 7. The summed E-state index contributed by atoms with van der Waals surface area (Å²) in [6.07, 6.45) is 2.22. The zero-order valence-electron chi connectivity index (χ0n) is 14.4. The van der Waals surface area contributed by atoms with Crippen LogP contribution in [-0.2, 0) is 17.8 Å².